The first-order chi connectivity index (χ1) is 18.5. The molecule has 38 heavy (non-hydrogen) atoms. The van der Waals surface area contributed by atoms with Crippen molar-refractivity contribution in [1.29, 1.82) is 0 Å². The van der Waals surface area contributed by atoms with Crippen molar-refractivity contribution in [1.82, 2.24) is 9.80 Å². The third kappa shape index (κ3) is 5.29. The van der Waals surface area contributed by atoms with Crippen LogP contribution in [0.2, 0.25) is 0 Å². The summed E-state index contributed by atoms with van der Waals surface area (Å²) in [6, 6.07) is 14.4. The van der Waals surface area contributed by atoms with Crippen molar-refractivity contribution in [3.05, 3.63) is 76.3 Å². The predicted molar refractivity (Wildman–Crippen MR) is 150 cm³/mol. The number of amides is 1. The molecule has 2 aromatic rings. The van der Waals surface area contributed by atoms with Crippen molar-refractivity contribution in [2.45, 2.75) is 33.2 Å². The highest BCUT2D eigenvalue weighted by Crippen LogP contribution is 2.49. The maximum absolute atomic E-state index is 13.7. The van der Waals surface area contributed by atoms with Crippen LogP contribution in [0.4, 0.5) is 0 Å². The maximum atomic E-state index is 13.7. The second-order valence-corrected chi connectivity index (χ2v) is 9.43. The zero-order valence-electron chi connectivity index (χ0n) is 22.4. The van der Waals surface area contributed by atoms with E-state index in [0.29, 0.717) is 46.6 Å². The normalized spacial score (nSPS) is 16.4. The minimum Gasteiger partial charge on any atom is -0.497 e. The fourth-order valence-electron chi connectivity index (χ4n) is 4.68. The molecular weight excluding hydrogens is 502 g/mol. The Kier molecular flexibility index (Phi) is 8.78. The number of carbonyl (C=O) groups excluding carboxylic acids is 2. The number of benzene rings is 2. The molecule has 0 radical (unpaired) electrons. The van der Waals surface area contributed by atoms with E-state index >= 15 is 0 Å². The van der Waals surface area contributed by atoms with Crippen LogP contribution in [0.1, 0.15) is 44.4 Å². The van der Waals surface area contributed by atoms with Crippen LogP contribution in [0.25, 0.3) is 5.70 Å². The Labute approximate surface area is 228 Å². The lowest BCUT2D eigenvalue weighted by atomic mass is 9.90. The average Bonchev–Trinajstić information content (AvgIpc) is 3.35. The first kappa shape index (κ1) is 27.3. The Bertz CT molecular complexity index is 1280. The summed E-state index contributed by atoms with van der Waals surface area (Å²) in [6.45, 7) is 7.15. The van der Waals surface area contributed by atoms with Crippen LogP contribution in [0, 0.1) is 0 Å². The van der Waals surface area contributed by atoms with Crippen molar-refractivity contribution in [3.63, 3.8) is 0 Å². The molecule has 4 rings (SSSR count). The highest BCUT2D eigenvalue weighted by Gasteiger charge is 2.43. The molecule has 1 atom stereocenters. The molecule has 2 aliphatic rings. The average molecular weight is 536 g/mol. The molecule has 0 bridgehead atoms. The summed E-state index contributed by atoms with van der Waals surface area (Å²) < 4.78 is 16.9. The first-order valence-electron chi connectivity index (χ1n) is 12.7. The van der Waals surface area contributed by atoms with E-state index < -0.39 is 12.0 Å². The van der Waals surface area contributed by atoms with E-state index in [9.17, 15) is 9.59 Å². The van der Waals surface area contributed by atoms with Gasteiger partial charge in [-0.3, -0.25) is 4.79 Å². The van der Waals surface area contributed by atoms with Gasteiger partial charge in [-0.25, -0.2) is 9.79 Å². The van der Waals surface area contributed by atoms with E-state index in [1.54, 1.807) is 26.0 Å². The predicted octanol–water partition coefficient (Wildman–Crippen LogP) is 5.24. The van der Waals surface area contributed by atoms with Crippen molar-refractivity contribution in [2.24, 2.45) is 4.99 Å². The van der Waals surface area contributed by atoms with Gasteiger partial charge in [0.2, 0.25) is 5.91 Å². The number of aliphatic imine (C=N–C) groups is 1. The summed E-state index contributed by atoms with van der Waals surface area (Å²) in [6.07, 6.45) is 0.174. The van der Waals surface area contributed by atoms with Crippen LogP contribution in [-0.2, 0) is 14.3 Å². The minimum atomic E-state index is -0.660. The topological polar surface area (TPSA) is 80.7 Å². The van der Waals surface area contributed by atoms with Crippen LogP contribution in [0.3, 0.4) is 0 Å². The largest absolute Gasteiger partial charge is 0.497 e. The standard InChI is InChI=1S/C29H33N3O5S/c1-6-31(7-2)24(33)16-20-18-38-29-30-26(19-12-10-9-11-13-19)25(28(34)37-8-3)27(32(20)29)22-17-21(35-4)14-15-23(22)36-5/h9-15,17-18,27H,6-8,16H2,1-5H3. The Hall–Kier alpha value is -3.72. The second-order valence-electron chi connectivity index (χ2n) is 8.59. The van der Waals surface area contributed by atoms with E-state index in [-0.39, 0.29) is 18.9 Å². The fraction of sp³-hybridized carbons (Fsp3) is 0.345. The molecule has 1 unspecified atom stereocenters. The third-order valence-corrected chi connectivity index (χ3v) is 7.42. The summed E-state index contributed by atoms with van der Waals surface area (Å²) in [5, 5.41) is 2.62. The zero-order chi connectivity index (χ0) is 27.2. The second kappa shape index (κ2) is 12.2. The van der Waals surface area contributed by atoms with Crippen LogP contribution >= 0.6 is 11.8 Å². The summed E-state index contributed by atoms with van der Waals surface area (Å²) in [5.74, 6) is 0.730. The van der Waals surface area contributed by atoms with Crippen LogP contribution in [0.15, 0.2) is 70.2 Å². The van der Waals surface area contributed by atoms with Crippen LogP contribution in [-0.4, -0.2) is 60.8 Å². The number of hydrogen-bond donors (Lipinski definition) is 0. The smallest absolute Gasteiger partial charge is 0.338 e. The van der Waals surface area contributed by atoms with Crippen molar-refractivity contribution < 1.29 is 23.8 Å². The van der Waals surface area contributed by atoms with Gasteiger partial charge >= 0.3 is 5.97 Å². The lowest BCUT2D eigenvalue weighted by Gasteiger charge is -2.37. The Morgan fingerprint density at radius 1 is 1.03 bits per heavy atom. The number of amidine groups is 1. The van der Waals surface area contributed by atoms with Crippen LogP contribution < -0.4 is 9.47 Å². The van der Waals surface area contributed by atoms with Gasteiger partial charge in [0, 0.05) is 29.9 Å². The number of esters is 1. The summed E-state index contributed by atoms with van der Waals surface area (Å²) in [5.41, 5.74) is 3.16. The van der Waals surface area contributed by atoms with E-state index in [1.165, 1.54) is 11.8 Å². The number of fused-ring (bicyclic) bond motifs is 1. The molecule has 0 fully saturated rings. The monoisotopic (exact) mass is 535 g/mol. The molecule has 0 spiro atoms. The summed E-state index contributed by atoms with van der Waals surface area (Å²) >= 11 is 1.44. The van der Waals surface area contributed by atoms with E-state index in [0.717, 1.165) is 11.3 Å². The number of methoxy groups -OCH3 is 2. The van der Waals surface area contributed by atoms with Gasteiger partial charge in [0.1, 0.15) is 11.5 Å². The molecule has 200 valence electrons. The molecule has 2 heterocycles. The number of ether oxygens (including phenoxy) is 3. The molecule has 2 aromatic carbocycles. The quantitative estimate of drug-likeness (QED) is 0.385. The van der Waals surface area contributed by atoms with Crippen LogP contribution in [0.5, 0.6) is 11.5 Å². The van der Waals surface area contributed by atoms with E-state index in [1.807, 2.05) is 72.7 Å². The van der Waals surface area contributed by atoms with E-state index in [4.69, 9.17) is 19.2 Å². The molecular formula is C29H33N3O5S. The molecule has 0 aliphatic carbocycles. The lowest BCUT2D eigenvalue weighted by Crippen LogP contribution is -2.39. The maximum Gasteiger partial charge on any atom is 0.338 e. The van der Waals surface area contributed by atoms with Crippen molar-refractivity contribution in [3.8, 4) is 11.5 Å². The summed E-state index contributed by atoms with van der Waals surface area (Å²) in [4.78, 5) is 35.6. The number of carbonyl (C=O) groups is 2. The van der Waals surface area contributed by atoms with Gasteiger partial charge in [0.05, 0.1) is 44.6 Å². The fourth-order valence-corrected chi connectivity index (χ4v) is 5.60. The highest BCUT2D eigenvalue weighted by atomic mass is 32.2. The molecule has 0 saturated carbocycles. The first-order valence-corrected chi connectivity index (χ1v) is 13.5. The number of thioether (sulfide) groups is 1. The van der Waals surface area contributed by atoms with Gasteiger partial charge < -0.3 is 24.0 Å². The van der Waals surface area contributed by atoms with Gasteiger partial charge in [-0.2, -0.15) is 0 Å². The Balaban J connectivity index is 1.95. The minimum absolute atomic E-state index is 0.00924. The molecule has 0 aromatic heterocycles. The lowest BCUT2D eigenvalue weighted by molar-refractivity contribution is -0.139. The third-order valence-electron chi connectivity index (χ3n) is 6.53. The molecule has 0 N–H and O–H groups in total. The summed E-state index contributed by atoms with van der Waals surface area (Å²) in [7, 11) is 3.19. The molecule has 8 nitrogen and oxygen atoms in total. The van der Waals surface area contributed by atoms with Gasteiger partial charge in [0.25, 0.3) is 0 Å². The highest BCUT2D eigenvalue weighted by molar-refractivity contribution is 8.16. The van der Waals surface area contributed by atoms with Gasteiger partial charge in [-0.05, 0) is 44.4 Å². The SMILES string of the molecule is CCOC(=O)C1=C(c2ccccc2)N=C2SC=C(CC(=O)N(CC)CC)N2C1c1cc(OC)ccc1OC. The molecule has 0 saturated heterocycles. The van der Waals surface area contributed by atoms with Crippen molar-refractivity contribution >= 4 is 34.5 Å². The molecule has 9 heteroatoms. The van der Waals surface area contributed by atoms with Gasteiger partial charge in [0.15, 0.2) is 5.17 Å². The zero-order valence-corrected chi connectivity index (χ0v) is 23.2. The van der Waals surface area contributed by atoms with Crippen molar-refractivity contribution in [2.75, 3.05) is 33.9 Å². The molecule has 1 amide bonds. The Morgan fingerprint density at radius 2 is 1.76 bits per heavy atom. The Morgan fingerprint density at radius 3 is 2.39 bits per heavy atom. The number of rotatable bonds is 10. The van der Waals surface area contributed by atoms with Gasteiger partial charge in [-0.15, -0.1) is 0 Å². The number of hydrogen-bond acceptors (Lipinski definition) is 8. The number of nitrogens with zero attached hydrogens (tertiary/aromatic N) is 3. The van der Waals surface area contributed by atoms with E-state index in [2.05, 4.69) is 0 Å². The van der Waals surface area contributed by atoms with Gasteiger partial charge in [-0.1, -0.05) is 42.1 Å². The molecule has 2 aliphatic heterocycles.